The first-order chi connectivity index (χ1) is 10.0. The van der Waals surface area contributed by atoms with E-state index in [1.54, 1.807) is 23.3 Å². The molecule has 1 N–H and O–H groups in total. The first kappa shape index (κ1) is 15.8. The summed E-state index contributed by atoms with van der Waals surface area (Å²) in [6.07, 6.45) is 3.09. The smallest absolute Gasteiger partial charge is 0.326 e. The maximum absolute atomic E-state index is 12.6. The number of likely N-dealkylation sites (N-methyl/N-ethyl adjacent to an activating group) is 1. The Balaban J connectivity index is 2.01. The van der Waals surface area contributed by atoms with Crippen LogP contribution in [0.5, 0.6) is 0 Å². The number of aliphatic carboxylic acids is 1. The predicted octanol–water partition coefficient (Wildman–Crippen LogP) is 2.67. The number of carboxylic acid groups (broad SMARTS) is 1. The molecule has 2 atom stereocenters. The van der Waals surface area contributed by atoms with Gasteiger partial charge in [-0.1, -0.05) is 6.07 Å². The zero-order valence-corrected chi connectivity index (χ0v) is 13.3. The minimum atomic E-state index is -0.901. The Morgan fingerprint density at radius 1 is 1.52 bits per heavy atom. The Kier molecular flexibility index (Phi) is 5.22. The van der Waals surface area contributed by atoms with E-state index in [1.165, 1.54) is 9.78 Å². The minimum absolute atomic E-state index is 0.0486. The Bertz CT molecular complexity index is 489. The van der Waals surface area contributed by atoms with Crippen LogP contribution in [0.4, 0.5) is 4.79 Å². The van der Waals surface area contributed by atoms with E-state index >= 15 is 0 Å². The molecule has 2 rings (SSSR count). The molecular formula is C15H22N2O3S. The number of carboxylic acids is 1. The average Bonchev–Trinajstić information content (AvgIpc) is 2.98. The summed E-state index contributed by atoms with van der Waals surface area (Å²) in [5, 5.41) is 11.3. The van der Waals surface area contributed by atoms with Crippen LogP contribution in [-0.4, -0.2) is 52.6 Å². The third kappa shape index (κ3) is 3.75. The molecule has 0 bridgehead atoms. The summed E-state index contributed by atoms with van der Waals surface area (Å²) < 4.78 is 0. The number of piperidine rings is 1. The average molecular weight is 310 g/mol. The highest BCUT2D eigenvalue weighted by molar-refractivity contribution is 7.09. The molecule has 1 saturated heterocycles. The van der Waals surface area contributed by atoms with Gasteiger partial charge in [0.25, 0.3) is 0 Å². The van der Waals surface area contributed by atoms with Crippen molar-refractivity contribution in [1.82, 2.24) is 9.80 Å². The standard InChI is InChI=1S/C15H22N2O3S/c1-11(10-12-6-5-9-21-12)16(2)15(20)17-8-4-3-7-13(17)14(18)19/h5-6,9,11,13H,3-4,7-8,10H2,1-2H3,(H,18,19). The van der Waals surface area contributed by atoms with Crippen LogP contribution >= 0.6 is 11.3 Å². The number of hydrogen-bond acceptors (Lipinski definition) is 3. The molecule has 1 aromatic rings. The Morgan fingerprint density at radius 3 is 2.90 bits per heavy atom. The zero-order chi connectivity index (χ0) is 15.4. The summed E-state index contributed by atoms with van der Waals surface area (Å²) in [5.41, 5.74) is 0. The van der Waals surface area contributed by atoms with Gasteiger partial charge in [0.2, 0.25) is 0 Å². The van der Waals surface area contributed by atoms with Gasteiger partial charge in [0, 0.05) is 30.9 Å². The van der Waals surface area contributed by atoms with E-state index in [-0.39, 0.29) is 12.1 Å². The molecule has 1 fully saturated rings. The highest BCUT2D eigenvalue weighted by Crippen LogP contribution is 2.20. The number of carbonyl (C=O) groups is 2. The van der Waals surface area contributed by atoms with E-state index in [0.717, 1.165) is 19.3 Å². The zero-order valence-electron chi connectivity index (χ0n) is 12.5. The van der Waals surface area contributed by atoms with Crippen LogP contribution in [0, 0.1) is 0 Å². The summed E-state index contributed by atoms with van der Waals surface area (Å²) >= 11 is 1.68. The topological polar surface area (TPSA) is 60.9 Å². The molecule has 116 valence electrons. The summed E-state index contributed by atoms with van der Waals surface area (Å²) in [4.78, 5) is 28.3. The van der Waals surface area contributed by atoms with Crippen LogP contribution in [0.2, 0.25) is 0 Å². The highest BCUT2D eigenvalue weighted by atomic mass is 32.1. The minimum Gasteiger partial charge on any atom is -0.480 e. The van der Waals surface area contributed by atoms with E-state index in [4.69, 9.17) is 0 Å². The van der Waals surface area contributed by atoms with Crippen molar-refractivity contribution >= 4 is 23.3 Å². The molecule has 0 aromatic carbocycles. The van der Waals surface area contributed by atoms with Gasteiger partial charge in [0.15, 0.2) is 0 Å². The van der Waals surface area contributed by atoms with Crippen LogP contribution in [0.1, 0.15) is 31.1 Å². The second kappa shape index (κ2) is 6.93. The molecule has 2 unspecified atom stereocenters. The van der Waals surface area contributed by atoms with Gasteiger partial charge in [0.05, 0.1) is 0 Å². The fourth-order valence-electron chi connectivity index (χ4n) is 2.67. The van der Waals surface area contributed by atoms with Crippen molar-refractivity contribution in [2.75, 3.05) is 13.6 Å². The molecule has 6 heteroatoms. The number of nitrogens with zero attached hydrogens (tertiary/aromatic N) is 2. The number of thiophene rings is 1. The number of likely N-dealkylation sites (tertiary alicyclic amines) is 1. The fourth-order valence-corrected chi connectivity index (χ4v) is 3.49. The maximum atomic E-state index is 12.6. The molecule has 0 radical (unpaired) electrons. The second-order valence-corrected chi connectivity index (χ2v) is 6.60. The molecule has 1 aromatic heterocycles. The fraction of sp³-hybridized carbons (Fsp3) is 0.600. The van der Waals surface area contributed by atoms with Gasteiger partial charge in [-0.3, -0.25) is 0 Å². The molecule has 5 nitrogen and oxygen atoms in total. The molecule has 2 amide bonds. The largest absolute Gasteiger partial charge is 0.480 e. The van der Waals surface area contributed by atoms with E-state index in [2.05, 4.69) is 6.07 Å². The van der Waals surface area contributed by atoms with Gasteiger partial charge >= 0.3 is 12.0 Å². The Morgan fingerprint density at radius 2 is 2.29 bits per heavy atom. The van der Waals surface area contributed by atoms with Crippen LogP contribution < -0.4 is 0 Å². The van der Waals surface area contributed by atoms with Gasteiger partial charge in [-0.2, -0.15) is 0 Å². The van der Waals surface area contributed by atoms with E-state index < -0.39 is 12.0 Å². The van der Waals surface area contributed by atoms with Crippen LogP contribution in [0.15, 0.2) is 17.5 Å². The van der Waals surface area contributed by atoms with Crippen molar-refractivity contribution in [3.05, 3.63) is 22.4 Å². The van der Waals surface area contributed by atoms with Crippen LogP contribution in [0.3, 0.4) is 0 Å². The lowest BCUT2D eigenvalue weighted by atomic mass is 10.0. The molecule has 1 aliphatic rings. The number of carbonyl (C=O) groups excluding carboxylic acids is 1. The summed E-state index contributed by atoms with van der Waals surface area (Å²) in [5.74, 6) is -0.901. The Hall–Kier alpha value is -1.56. The second-order valence-electron chi connectivity index (χ2n) is 5.57. The molecule has 2 heterocycles. The van der Waals surface area contributed by atoms with Gasteiger partial charge in [-0.05, 0) is 37.6 Å². The molecular weight excluding hydrogens is 288 g/mol. The van der Waals surface area contributed by atoms with Gasteiger partial charge in [0.1, 0.15) is 6.04 Å². The number of amides is 2. The van der Waals surface area contributed by atoms with Gasteiger partial charge < -0.3 is 14.9 Å². The lowest BCUT2D eigenvalue weighted by Gasteiger charge is -2.37. The van der Waals surface area contributed by atoms with Crippen molar-refractivity contribution in [2.45, 2.75) is 44.7 Å². The molecule has 21 heavy (non-hydrogen) atoms. The van der Waals surface area contributed by atoms with E-state index in [9.17, 15) is 14.7 Å². The SMILES string of the molecule is CC(Cc1cccs1)N(C)C(=O)N1CCCCC1C(=O)O. The van der Waals surface area contributed by atoms with E-state index in [1.807, 2.05) is 18.4 Å². The quantitative estimate of drug-likeness (QED) is 0.930. The number of rotatable bonds is 4. The third-order valence-electron chi connectivity index (χ3n) is 4.07. The first-order valence-corrected chi connectivity index (χ1v) is 8.17. The number of urea groups is 1. The van der Waals surface area contributed by atoms with Gasteiger partial charge in [-0.15, -0.1) is 11.3 Å². The lowest BCUT2D eigenvalue weighted by Crippen LogP contribution is -2.54. The van der Waals surface area contributed by atoms with Gasteiger partial charge in [-0.25, -0.2) is 9.59 Å². The Labute approximate surface area is 129 Å². The van der Waals surface area contributed by atoms with E-state index in [0.29, 0.717) is 13.0 Å². The maximum Gasteiger partial charge on any atom is 0.326 e. The van der Waals surface area contributed by atoms with Crippen molar-refractivity contribution < 1.29 is 14.7 Å². The van der Waals surface area contributed by atoms with Crippen LogP contribution in [0.25, 0.3) is 0 Å². The van der Waals surface area contributed by atoms with Crippen LogP contribution in [-0.2, 0) is 11.2 Å². The third-order valence-corrected chi connectivity index (χ3v) is 4.97. The van der Waals surface area contributed by atoms with Crippen molar-refractivity contribution in [2.24, 2.45) is 0 Å². The normalized spacial score (nSPS) is 20.1. The highest BCUT2D eigenvalue weighted by Gasteiger charge is 2.34. The lowest BCUT2D eigenvalue weighted by molar-refractivity contribution is -0.143. The predicted molar refractivity (Wildman–Crippen MR) is 82.6 cm³/mol. The van der Waals surface area contributed by atoms with Crippen molar-refractivity contribution in [1.29, 1.82) is 0 Å². The molecule has 0 saturated carbocycles. The molecule has 0 aliphatic carbocycles. The molecule has 0 spiro atoms. The molecule has 1 aliphatic heterocycles. The summed E-state index contributed by atoms with van der Waals surface area (Å²) in [6.45, 7) is 2.53. The monoisotopic (exact) mass is 310 g/mol. The van der Waals surface area contributed by atoms with Crippen molar-refractivity contribution in [3.8, 4) is 0 Å². The summed E-state index contributed by atoms with van der Waals surface area (Å²) in [6, 6.07) is 3.25. The van der Waals surface area contributed by atoms with Crippen molar-refractivity contribution in [3.63, 3.8) is 0 Å². The number of hydrogen-bond donors (Lipinski definition) is 1. The summed E-state index contributed by atoms with van der Waals surface area (Å²) in [7, 11) is 1.76. The first-order valence-electron chi connectivity index (χ1n) is 7.29.